The van der Waals surface area contributed by atoms with E-state index in [9.17, 15) is 0 Å². The summed E-state index contributed by atoms with van der Waals surface area (Å²) in [4.78, 5) is 8.86. The maximum atomic E-state index is 6.15. The van der Waals surface area contributed by atoms with E-state index in [2.05, 4.69) is 15.3 Å². The van der Waals surface area contributed by atoms with Crippen molar-refractivity contribution in [2.45, 2.75) is 62.8 Å². The Morgan fingerprint density at radius 1 is 1.06 bits per heavy atom. The number of hydrogen-bond donors (Lipinski definition) is 1. The van der Waals surface area contributed by atoms with Crippen molar-refractivity contribution in [1.29, 1.82) is 0 Å². The minimum atomic E-state index is 0.377. The SMILES string of the molecule is ClC1CCC(Nc2ncnc3c2CCCC3)CC1. The second kappa shape index (κ2) is 5.43. The number of nitrogens with zero attached hydrogens (tertiary/aromatic N) is 2. The van der Waals surface area contributed by atoms with Gasteiger partial charge in [0.1, 0.15) is 12.1 Å². The predicted octanol–water partition coefficient (Wildman–Crippen LogP) is 3.32. The van der Waals surface area contributed by atoms with Crippen molar-refractivity contribution < 1.29 is 0 Å². The molecule has 1 saturated carbocycles. The van der Waals surface area contributed by atoms with Gasteiger partial charge in [0.05, 0.1) is 0 Å². The molecule has 0 bridgehead atoms. The third kappa shape index (κ3) is 2.61. The summed E-state index contributed by atoms with van der Waals surface area (Å²) in [6, 6.07) is 0.543. The van der Waals surface area contributed by atoms with E-state index in [4.69, 9.17) is 11.6 Å². The summed E-state index contributed by atoms with van der Waals surface area (Å²) in [5.41, 5.74) is 2.61. The van der Waals surface area contributed by atoms with E-state index in [1.165, 1.54) is 24.1 Å². The summed E-state index contributed by atoms with van der Waals surface area (Å²) in [5.74, 6) is 1.08. The number of aromatic nitrogens is 2. The molecule has 0 radical (unpaired) electrons. The molecule has 1 N–H and O–H groups in total. The Labute approximate surface area is 113 Å². The van der Waals surface area contributed by atoms with Crippen molar-refractivity contribution >= 4 is 17.4 Å². The highest BCUT2D eigenvalue weighted by molar-refractivity contribution is 6.20. The number of hydrogen-bond acceptors (Lipinski definition) is 3. The van der Waals surface area contributed by atoms with E-state index in [1.807, 2.05) is 0 Å². The van der Waals surface area contributed by atoms with Crippen LogP contribution in [0.15, 0.2) is 6.33 Å². The van der Waals surface area contributed by atoms with Crippen LogP contribution >= 0.6 is 11.6 Å². The van der Waals surface area contributed by atoms with Crippen molar-refractivity contribution in [3.05, 3.63) is 17.6 Å². The van der Waals surface area contributed by atoms with E-state index in [0.717, 1.165) is 44.3 Å². The highest BCUT2D eigenvalue weighted by Gasteiger charge is 2.22. The highest BCUT2D eigenvalue weighted by Crippen LogP contribution is 2.28. The van der Waals surface area contributed by atoms with Gasteiger partial charge in [0.25, 0.3) is 0 Å². The first kappa shape index (κ1) is 12.2. The van der Waals surface area contributed by atoms with E-state index in [0.29, 0.717) is 11.4 Å². The fourth-order valence-electron chi connectivity index (χ4n) is 3.04. The first-order valence-electron chi connectivity index (χ1n) is 7.06. The molecule has 0 unspecified atom stereocenters. The maximum absolute atomic E-state index is 6.15. The Kier molecular flexibility index (Phi) is 3.69. The zero-order valence-electron chi connectivity index (χ0n) is 10.7. The van der Waals surface area contributed by atoms with Crippen molar-refractivity contribution in [2.75, 3.05) is 5.32 Å². The van der Waals surface area contributed by atoms with Crippen LogP contribution in [0.3, 0.4) is 0 Å². The number of rotatable bonds is 2. The minimum Gasteiger partial charge on any atom is -0.367 e. The Balaban J connectivity index is 1.72. The summed E-state index contributed by atoms with van der Waals surface area (Å²) in [5, 5.41) is 4.00. The van der Waals surface area contributed by atoms with E-state index < -0.39 is 0 Å². The Bertz CT molecular complexity index is 414. The Hall–Kier alpha value is -0.830. The largest absolute Gasteiger partial charge is 0.367 e. The maximum Gasteiger partial charge on any atom is 0.133 e. The van der Waals surface area contributed by atoms with Gasteiger partial charge in [-0.3, -0.25) is 0 Å². The van der Waals surface area contributed by atoms with Gasteiger partial charge in [-0.2, -0.15) is 0 Å². The second-order valence-electron chi connectivity index (χ2n) is 5.45. The average Bonchev–Trinajstić information content (AvgIpc) is 2.42. The zero-order chi connectivity index (χ0) is 12.4. The molecule has 4 heteroatoms. The van der Waals surface area contributed by atoms with Gasteiger partial charge in [0, 0.05) is 22.7 Å². The number of fused-ring (bicyclic) bond motifs is 1. The molecule has 0 spiro atoms. The molecule has 2 aliphatic rings. The van der Waals surface area contributed by atoms with Gasteiger partial charge in [0.15, 0.2) is 0 Å². The lowest BCUT2D eigenvalue weighted by Gasteiger charge is -2.28. The molecule has 0 amide bonds. The summed E-state index contributed by atoms with van der Waals surface area (Å²) in [7, 11) is 0. The quantitative estimate of drug-likeness (QED) is 0.834. The average molecular weight is 266 g/mol. The predicted molar refractivity (Wildman–Crippen MR) is 74.2 cm³/mol. The van der Waals surface area contributed by atoms with Crippen molar-refractivity contribution in [2.24, 2.45) is 0 Å². The third-order valence-electron chi connectivity index (χ3n) is 4.12. The second-order valence-corrected chi connectivity index (χ2v) is 6.07. The number of halogens is 1. The molecule has 1 aromatic rings. The molecule has 1 aromatic heterocycles. The van der Waals surface area contributed by atoms with Crippen LogP contribution in [-0.4, -0.2) is 21.4 Å². The Morgan fingerprint density at radius 2 is 1.83 bits per heavy atom. The van der Waals surface area contributed by atoms with Gasteiger partial charge >= 0.3 is 0 Å². The van der Waals surface area contributed by atoms with Gasteiger partial charge in [-0.15, -0.1) is 11.6 Å². The van der Waals surface area contributed by atoms with Crippen molar-refractivity contribution in [3.63, 3.8) is 0 Å². The number of nitrogens with one attached hydrogen (secondary N) is 1. The number of alkyl halides is 1. The smallest absolute Gasteiger partial charge is 0.133 e. The molecule has 0 aromatic carbocycles. The van der Waals surface area contributed by atoms with Crippen molar-refractivity contribution in [3.8, 4) is 0 Å². The molecule has 18 heavy (non-hydrogen) atoms. The molecule has 1 heterocycles. The molecule has 3 nitrogen and oxygen atoms in total. The van der Waals surface area contributed by atoms with Crippen LogP contribution in [0.4, 0.5) is 5.82 Å². The lowest BCUT2D eigenvalue weighted by molar-refractivity contribution is 0.467. The van der Waals surface area contributed by atoms with Crippen LogP contribution in [0, 0.1) is 0 Å². The molecular formula is C14H20ClN3. The molecule has 0 atom stereocenters. The Morgan fingerprint density at radius 3 is 2.67 bits per heavy atom. The van der Waals surface area contributed by atoms with Crippen LogP contribution in [0.25, 0.3) is 0 Å². The van der Waals surface area contributed by atoms with Gasteiger partial charge < -0.3 is 5.32 Å². The standard InChI is InChI=1S/C14H20ClN3/c15-10-5-7-11(8-6-10)18-14-12-3-1-2-4-13(12)16-9-17-14/h9-11H,1-8H2,(H,16,17,18). The third-order valence-corrected chi connectivity index (χ3v) is 4.56. The van der Waals surface area contributed by atoms with Crippen LogP contribution in [0.1, 0.15) is 49.8 Å². The monoisotopic (exact) mass is 265 g/mol. The summed E-state index contributed by atoms with van der Waals surface area (Å²) in [6.07, 6.45) is 11.0. The van der Waals surface area contributed by atoms with Crippen LogP contribution in [0.5, 0.6) is 0 Å². The normalized spacial score (nSPS) is 27.6. The van der Waals surface area contributed by atoms with E-state index in [1.54, 1.807) is 6.33 Å². The first-order valence-corrected chi connectivity index (χ1v) is 7.50. The summed E-state index contributed by atoms with van der Waals surface area (Å²) >= 11 is 6.15. The summed E-state index contributed by atoms with van der Waals surface area (Å²) < 4.78 is 0. The fourth-order valence-corrected chi connectivity index (χ4v) is 3.29. The van der Waals surface area contributed by atoms with E-state index >= 15 is 0 Å². The minimum absolute atomic E-state index is 0.377. The molecule has 0 aliphatic heterocycles. The number of aryl methyl sites for hydroxylation is 1. The van der Waals surface area contributed by atoms with Crippen LogP contribution in [-0.2, 0) is 12.8 Å². The molecule has 3 rings (SSSR count). The van der Waals surface area contributed by atoms with Crippen molar-refractivity contribution in [1.82, 2.24) is 9.97 Å². The highest BCUT2D eigenvalue weighted by atomic mass is 35.5. The van der Waals surface area contributed by atoms with Crippen LogP contribution < -0.4 is 5.32 Å². The van der Waals surface area contributed by atoms with Gasteiger partial charge in [-0.05, 0) is 51.4 Å². The van der Waals surface area contributed by atoms with Crippen LogP contribution in [0.2, 0.25) is 0 Å². The lowest BCUT2D eigenvalue weighted by atomic mass is 9.93. The van der Waals surface area contributed by atoms with Gasteiger partial charge in [0.2, 0.25) is 0 Å². The summed E-state index contributed by atoms with van der Waals surface area (Å²) in [6.45, 7) is 0. The van der Waals surface area contributed by atoms with Gasteiger partial charge in [-0.1, -0.05) is 0 Å². The molecule has 1 fully saturated rings. The molecule has 98 valence electrons. The molecular weight excluding hydrogens is 246 g/mol. The van der Waals surface area contributed by atoms with Gasteiger partial charge in [-0.25, -0.2) is 9.97 Å². The molecule has 0 saturated heterocycles. The first-order chi connectivity index (χ1) is 8.83. The zero-order valence-corrected chi connectivity index (χ0v) is 11.4. The fraction of sp³-hybridized carbons (Fsp3) is 0.714. The number of anilines is 1. The lowest BCUT2D eigenvalue weighted by Crippen LogP contribution is -2.27. The van der Waals surface area contributed by atoms with E-state index in [-0.39, 0.29) is 0 Å². The topological polar surface area (TPSA) is 37.8 Å². The molecule has 2 aliphatic carbocycles.